The zero-order valence-electron chi connectivity index (χ0n) is 5.73. The van der Waals surface area contributed by atoms with Gasteiger partial charge in [-0.15, -0.1) is 4.73 Å². The lowest BCUT2D eigenvalue weighted by molar-refractivity contribution is -0.612. The van der Waals surface area contributed by atoms with Crippen molar-refractivity contribution in [3.8, 4) is 5.88 Å². The highest BCUT2D eigenvalue weighted by atomic mass is 16.5. The first-order valence-electron chi connectivity index (χ1n) is 3.25. The van der Waals surface area contributed by atoms with Gasteiger partial charge in [-0.25, -0.2) is 4.99 Å². The molecule has 0 N–H and O–H groups in total. The fourth-order valence-electron chi connectivity index (χ4n) is 0.952. The minimum Gasteiger partial charge on any atom is -0.616 e. The summed E-state index contributed by atoms with van der Waals surface area (Å²) in [5.74, 6) is 0.287. The van der Waals surface area contributed by atoms with E-state index in [1.165, 1.54) is 6.20 Å². The van der Waals surface area contributed by atoms with Crippen LogP contribution in [0.4, 0.5) is 5.69 Å². The first-order valence-corrected chi connectivity index (χ1v) is 3.25. The van der Waals surface area contributed by atoms with Crippen LogP contribution in [-0.4, -0.2) is 12.8 Å². The van der Waals surface area contributed by atoms with Crippen molar-refractivity contribution < 1.29 is 9.47 Å². The molecule has 0 aromatic carbocycles. The molecule has 0 radical (unpaired) electrons. The maximum absolute atomic E-state index is 11.0. The van der Waals surface area contributed by atoms with E-state index in [1.54, 1.807) is 18.3 Å². The predicted molar refractivity (Wildman–Crippen MR) is 39.0 cm³/mol. The van der Waals surface area contributed by atoms with E-state index in [4.69, 9.17) is 4.74 Å². The molecule has 0 spiro atoms. The Kier molecular flexibility index (Phi) is 1.25. The van der Waals surface area contributed by atoms with E-state index >= 15 is 0 Å². The Morgan fingerprint density at radius 2 is 2.55 bits per heavy atom. The molecule has 2 heterocycles. The standard InChI is InChI=1S/C7H6N2O2/c10-9-4-1-2-6-7(9)11-5-3-8-6/h1-4H,5H2. The Labute approximate surface area is 63.3 Å². The van der Waals surface area contributed by atoms with Gasteiger partial charge in [0.25, 0.3) is 0 Å². The molecule has 1 aromatic rings. The van der Waals surface area contributed by atoms with Gasteiger partial charge in [0, 0.05) is 12.3 Å². The second kappa shape index (κ2) is 2.23. The third-order valence-electron chi connectivity index (χ3n) is 1.42. The van der Waals surface area contributed by atoms with Crippen LogP contribution in [0.15, 0.2) is 23.3 Å². The molecule has 11 heavy (non-hydrogen) atoms. The molecule has 1 aliphatic rings. The van der Waals surface area contributed by atoms with Crippen molar-refractivity contribution in [3.05, 3.63) is 23.5 Å². The van der Waals surface area contributed by atoms with Crippen LogP contribution in [0.2, 0.25) is 0 Å². The van der Waals surface area contributed by atoms with Gasteiger partial charge in [-0.1, -0.05) is 0 Å². The van der Waals surface area contributed by atoms with Crippen LogP contribution in [0.5, 0.6) is 5.88 Å². The highest BCUT2D eigenvalue weighted by Crippen LogP contribution is 2.23. The predicted octanol–water partition coefficient (Wildman–Crippen LogP) is 0.415. The molecule has 1 aromatic heterocycles. The number of pyridine rings is 1. The Hall–Kier alpha value is -1.58. The molecule has 0 fully saturated rings. The maximum Gasteiger partial charge on any atom is 0.406 e. The summed E-state index contributed by atoms with van der Waals surface area (Å²) in [4.78, 5) is 3.98. The summed E-state index contributed by atoms with van der Waals surface area (Å²) in [5.41, 5.74) is 0.591. The lowest BCUT2D eigenvalue weighted by Crippen LogP contribution is -2.29. The average Bonchev–Trinajstić information content (AvgIpc) is 2.06. The fraction of sp³-hybridized carbons (Fsp3) is 0.143. The Morgan fingerprint density at radius 3 is 3.36 bits per heavy atom. The minimum absolute atomic E-state index is 0.287. The quantitative estimate of drug-likeness (QED) is 0.397. The van der Waals surface area contributed by atoms with Crippen molar-refractivity contribution in [2.24, 2.45) is 4.99 Å². The van der Waals surface area contributed by atoms with Crippen molar-refractivity contribution >= 4 is 11.9 Å². The molecule has 4 nitrogen and oxygen atoms in total. The van der Waals surface area contributed by atoms with E-state index < -0.39 is 0 Å². The SMILES string of the molecule is [O-][n+]1cccc2c1OCC=N2. The van der Waals surface area contributed by atoms with E-state index in [0.717, 1.165) is 0 Å². The van der Waals surface area contributed by atoms with E-state index in [-0.39, 0.29) is 5.88 Å². The molecule has 0 aliphatic carbocycles. The lowest BCUT2D eigenvalue weighted by Gasteiger charge is -2.09. The van der Waals surface area contributed by atoms with Crippen molar-refractivity contribution in [3.63, 3.8) is 0 Å². The number of aromatic nitrogens is 1. The van der Waals surface area contributed by atoms with Crippen LogP contribution in [-0.2, 0) is 0 Å². The smallest absolute Gasteiger partial charge is 0.406 e. The molecule has 56 valence electrons. The summed E-state index contributed by atoms with van der Waals surface area (Å²) >= 11 is 0. The van der Waals surface area contributed by atoms with Gasteiger partial charge in [0.05, 0.1) is 0 Å². The highest BCUT2D eigenvalue weighted by Gasteiger charge is 2.14. The normalized spacial score (nSPS) is 13.8. The Morgan fingerprint density at radius 1 is 1.64 bits per heavy atom. The van der Waals surface area contributed by atoms with Gasteiger partial charge in [0.1, 0.15) is 6.61 Å². The number of hydrogen-bond donors (Lipinski definition) is 0. The first-order chi connectivity index (χ1) is 5.38. The van der Waals surface area contributed by atoms with Crippen LogP contribution in [0.25, 0.3) is 0 Å². The number of ether oxygens (including phenoxy) is 1. The number of rotatable bonds is 0. The van der Waals surface area contributed by atoms with Crippen LogP contribution in [0, 0.1) is 5.21 Å². The monoisotopic (exact) mass is 150 g/mol. The second-order valence-electron chi connectivity index (χ2n) is 2.15. The van der Waals surface area contributed by atoms with Crippen LogP contribution >= 0.6 is 0 Å². The van der Waals surface area contributed by atoms with E-state index in [0.29, 0.717) is 17.0 Å². The molecule has 4 heteroatoms. The Bertz CT molecular complexity index is 309. The summed E-state index contributed by atoms with van der Waals surface area (Å²) in [6, 6.07) is 3.37. The van der Waals surface area contributed by atoms with Crippen molar-refractivity contribution in [1.29, 1.82) is 0 Å². The van der Waals surface area contributed by atoms with Crippen molar-refractivity contribution in [2.75, 3.05) is 6.61 Å². The molecule has 0 saturated heterocycles. The molecular weight excluding hydrogens is 144 g/mol. The number of aliphatic imine (C=N–C) groups is 1. The summed E-state index contributed by atoms with van der Waals surface area (Å²) in [7, 11) is 0. The third kappa shape index (κ3) is 0.920. The van der Waals surface area contributed by atoms with Gasteiger partial charge in [-0.2, -0.15) is 0 Å². The first kappa shape index (κ1) is 6.15. The second-order valence-corrected chi connectivity index (χ2v) is 2.15. The van der Waals surface area contributed by atoms with Gasteiger partial charge in [0.15, 0.2) is 11.9 Å². The zero-order valence-corrected chi connectivity index (χ0v) is 5.73. The van der Waals surface area contributed by atoms with Gasteiger partial charge in [0.2, 0.25) is 0 Å². The maximum atomic E-state index is 11.0. The number of hydrogen-bond acceptors (Lipinski definition) is 3. The summed E-state index contributed by atoms with van der Waals surface area (Å²) in [5, 5.41) is 11.0. The Balaban J connectivity index is 2.60. The molecule has 0 bridgehead atoms. The molecular formula is C7H6N2O2. The van der Waals surface area contributed by atoms with Gasteiger partial charge >= 0.3 is 5.88 Å². The molecule has 0 saturated carbocycles. The molecule has 0 unspecified atom stereocenters. The fourth-order valence-corrected chi connectivity index (χ4v) is 0.952. The van der Waals surface area contributed by atoms with Crippen LogP contribution in [0.1, 0.15) is 0 Å². The van der Waals surface area contributed by atoms with Crippen LogP contribution < -0.4 is 9.47 Å². The zero-order chi connectivity index (χ0) is 7.68. The number of fused-ring (bicyclic) bond motifs is 1. The summed E-state index contributed by atoms with van der Waals surface area (Å²) in [6.07, 6.45) is 3.02. The lowest BCUT2D eigenvalue weighted by atomic mass is 10.4. The number of nitrogens with zero attached hydrogens (tertiary/aromatic N) is 2. The van der Waals surface area contributed by atoms with E-state index in [2.05, 4.69) is 4.99 Å². The van der Waals surface area contributed by atoms with Crippen molar-refractivity contribution in [1.82, 2.24) is 0 Å². The molecule has 1 aliphatic heterocycles. The molecule has 2 rings (SSSR count). The summed E-state index contributed by atoms with van der Waals surface area (Å²) < 4.78 is 5.73. The van der Waals surface area contributed by atoms with Crippen LogP contribution in [0.3, 0.4) is 0 Å². The van der Waals surface area contributed by atoms with Crippen molar-refractivity contribution in [2.45, 2.75) is 0 Å². The van der Waals surface area contributed by atoms with E-state index in [1.807, 2.05) is 0 Å². The minimum atomic E-state index is 0.287. The van der Waals surface area contributed by atoms with Gasteiger partial charge < -0.3 is 9.94 Å². The topological polar surface area (TPSA) is 48.5 Å². The van der Waals surface area contributed by atoms with Gasteiger partial charge in [-0.3, -0.25) is 0 Å². The average molecular weight is 150 g/mol. The highest BCUT2D eigenvalue weighted by molar-refractivity contribution is 5.68. The third-order valence-corrected chi connectivity index (χ3v) is 1.42. The van der Waals surface area contributed by atoms with E-state index in [9.17, 15) is 5.21 Å². The largest absolute Gasteiger partial charge is 0.616 e. The van der Waals surface area contributed by atoms with Gasteiger partial charge in [-0.05, 0) is 6.07 Å². The molecule has 0 atom stereocenters. The summed E-state index contributed by atoms with van der Waals surface area (Å²) in [6.45, 7) is 0.374. The molecule has 0 amide bonds.